The van der Waals surface area contributed by atoms with Crippen LogP contribution in [0.25, 0.3) is 11.1 Å². The lowest BCUT2D eigenvalue weighted by atomic mass is 10.0. The van der Waals surface area contributed by atoms with E-state index in [2.05, 4.69) is 21.3 Å². The van der Waals surface area contributed by atoms with Gasteiger partial charge in [0, 0.05) is 39.5 Å². The number of carbonyl (C=O) groups is 5. The van der Waals surface area contributed by atoms with Crippen LogP contribution < -0.4 is 31.8 Å². The number of carbonyl (C=O) groups excluding carboxylic acids is 5. The predicted molar refractivity (Wildman–Crippen MR) is 172 cm³/mol. The van der Waals surface area contributed by atoms with Crippen molar-refractivity contribution in [2.75, 3.05) is 33.3 Å². The van der Waals surface area contributed by atoms with Gasteiger partial charge in [0.1, 0.15) is 24.4 Å². The summed E-state index contributed by atoms with van der Waals surface area (Å²) in [6.45, 7) is 3.92. The number of aromatic nitrogens is 1. The summed E-state index contributed by atoms with van der Waals surface area (Å²) in [5.41, 5.74) is 1.50. The van der Waals surface area contributed by atoms with Crippen LogP contribution in [0.15, 0.2) is 57.7 Å². The van der Waals surface area contributed by atoms with E-state index in [0.29, 0.717) is 35.3 Å². The number of rotatable bonds is 5. The smallest absolute Gasteiger partial charge is 0.420 e. The summed E-state index contributed by atoms with van der Waals surface area (Å²) in [6, 6.07) is 11.7. The summed E-state index contributed by atoms with van der Waals surface area (Å²) in [5.74, 6) is -2.14. The average Bonchev–Trinajstić information content (AvgIpc) is 3.35. The number of nitrogens with one attached hydrogen (secondary N) is 4. The average molecular weight is 651 g/mol. The first-order valence-electron chi connectivity index (χ1n) is 15.7. The molecule has 0 saturated carbocycles. The summed E-state index contributed by atoms with van der Waals surface area (Å²) in [5, 5.41) is 11.0. The minimum atomic E-state index is -1.01. The minimum absolute atomic E-state index is 0.0664. The van der Waals surface area contributed by atoms with Gasteiger partial charge in [-0.3, -0.25) is 28.5 Å². The molecule has 0 saturated heterocycles. The van der Waals surface area contributed by atoms with Crippen molar-refractivity contribution in [3.05, 3.63) is 64.6 Å². The van der Waals surface area contributed by atoms with Gasteiger partial charge >= 0.3 is 5.76 Å². The molecule has 3 aromatic rings. The fourth-order valence-corrected chi connectivity index (χ4v) is 5.20. The van der Waals surface area contributed by atoms with E-state index in [1.807, 2.05) is 13.8 Å². The first kappa shape index (κ1) is 34.7. The van der Waals surface area contributed by atoms with Crippen molar-refractivity contribution in [3.63, 3.8) is 0 Å². The molecule has 2 atom stereocenters. The van der Waals surface area contributed by atoms with Crippen LogP contribution in [0.3, 0.4) is 0 Å². The van der Waals surface area contributed by atoms with E-state index in [1.165, 1.54) is 9.47 Å². The third-order valence-corrected chi connectivity index (χ3v) is 7.63. The number of fused-ring (bicyclic) bond motifs is 20. The lowest BCUT2D eigenvalue weighted by molar-refractivity contribution is -0.136. The third kappa shape index (κ3) is 10.2. The maximum absolute atomic E-state index is 13.3. The Hall–Kier alpha value is -5.14. The molecule has 0 fully saturated rings. The van der Waals surface area contributed by atoms with Gasteiger partial charge in [-0.1, -0.05) is 38.1 Å². The first-order chi connectivity index (χ1) is 22.5. The number of nitrogens with zero attached hydrogens (tertiary/aromatic N) is 2. The second-order valence-electron chi connectivity index (χ2n) is 11.9. The van der Waals surface area contributed by atoms with Crippen LogP contribution in [-0.4, -0.2) is 84.4 Å². The van der Waals surface area contributed by atoms with Gasteiger partial charge in [-0.25, -0.2) is 4.79 Å². The first-order valence-corrected chi connectivity index (χ1v) is 15.7. The molecule has 2 aliphatic heterocycles. The van der Waals surface area contributed by atoms with Gasteiger partial charge < -0.3 is 35.3 Å². The summed E-state index contributed by atoms with van der Waals surface area (Å²) in [7, 11) is 1.62. The van der Waals surface area contributed by atoms with Gasteiger partial charge in [-0.2, -0.15) is 0 Å². The van der Waals surface area contributed by atoms with Crippen LogP contribution in [0.1, 0.15) is 38.7 Å². The van der Waals surface area contributed by atoms with Gasteiger partial charge in [-0.15, -0.1) is 0 Å². The number of ether oxygens (including phenoxy) is 1. The largest absolute Gasteiger partial charge is 0.484 e. The molecule has 0 spiro atoms. The van der Waals surface area contributed by atoms with Crippen molar-refractivity contribution in [1.82, 2.24) is 30.7 Å². The molecule has 2 bridgehead atoms. The Morgan fingerprint density at radius 3 is 2.47 bits per heavy atom. The third-order valence-electron chi connectivity index (χ3n) is 7.63. The number of oxazole rings is 1. The van der Waals surface area contributed by atoms with Gasteiger partial charge in [0.2, 0.25) is 23.6 Å². The van der Waals surface area contributed by atoms with Crippen molar-refractivity contribution >= 4 is 40.6 Å². The van der Waals surface area contributed by atoms with E-state index in [-0.39, 0.29) is 69.3 Å². The van der Waals surface area contributed by atoms with Gasteiger partial charge in [-0.05, 0) is 48.6 Å². The van der Waals surface area contributed by atoms with Gasteiger partial charge in [0.25, 0.3) is 5.91 Å². The molecule has 4 N–H and O–H groups in total. The Kier molecular flexibility index (Phi) is 12.1. The van der Waals surface area contributed by atoms with E-state index >= 15 is 0 Å². The molecular weight excluding hydrogens is 608 g/mol. The number of hydrogen-bond acceptors (Lipinski definition) is 8. The van der Waals surface area contributed by atoms with Crippen molar-refractivity contribution < 1.29 is 33.1 Å². The van der Waals surface area contributed by atoms with Crippen LogP contribution in [-0.2, 0) is 36.9 Å². The topological polar surface area (TPSA) is 181 Å². The molecule has 5 rings (SSSR count). The van der Waals surface area contributed by atoms with Crippen LogP contribution in [0, 0.1) is 5.92 Å². The second-order valence-corrected chi connectivity index (χ2v) is 11.9. The zero-order valence-electron chi connectivity index (χ0n) is 26.9. The summed E-state index contributed by atoms with van der Waals surface area (Å²) in [4.78, 5) is 78.6. The van der Waals surface area contributed by atoms with E-state index in [1.54, 1.807) is 55.6 Å². The van der Waals surface area contributed by atoms with E-state index in [9.17, 15) is 28.8 Å². The standard InChI is InChI=1S/C33H42N6O8/c1-21(2)17-25-32(44)38(3)16-15-34-30(42)20-46-23-12-10-22(11-13-23)18-24(31(43)35-14-6-9-28(40)37-25)36-29(41)19-39-26-7-4-5-8-27(26)47-33(39)45/h4-5,7-8,10-13,21,24-25H,6,9,14-20H2,1-3H3,(H,34,42)(H,35,43)(H,36,41)(H,37,40)/t24-,25-/m0/s1. The van der Waals surface area contributed by atoms with E-state index in [0.717, 1.165) is 0 Å². The quantitative estimate of drug-likeness (QED) is 0.292. The number of para-hydroxylation sites is 2. The van der Waals surface area contributed by atoms with E-state index in [4.69, 9.17) is 9.15 Å². The van der Waals surface area contributed by atoms with Crippen molar-refractivity contribution in [2.45, 2.75) is 58.2 Å². The molecule has 5 amide bonds. The molecular formula is C33H42N6O8. The Bertz CT molecular complexity index is 1630. The maximum Gasteiger partial charge on any atom is 0.420 e. The molecule has 0 aliphatic carbocycles. The highest BCUT2D eigenvalue weighted by molar-refractivity contribution is 5.89. The molecule has 1 aromatic heterocycles. The summed E-state index contributed by atoms with van der Waals surface area (Å²) < 4.78 is 12.0. The molecule has 3 heterocycles. The van der Waals surface area contributed by atoms with Crippen molar-refractivity contribution in [3.8, 4) is 5.75 Å². The van der Waals surface area contributed by atoms with Crippen LogP contribution in [0.2, 0.25) is 0 Å². The van der Waals surface area contributed by atoms with Crippen molar-refractivity contribution in [2.24, 2.45) is 5.92 Å². The fourth-order valence-electron chi connectivity index (χ4n) is 5.20. The lowest BCUT2D eigenvalue weighted by Gasteiger charge is -2.26. The monoisotopic (exact) mass is 650 g/mol. The van der Waals surface area contributed by atoms with Gasteiger partial charge in [0.05, 0.1) is 5.52 Å². The predicted octanol–water partition coefficient (Wildman–Crippen LogP) is 0.716. The molecule has 14 nitrogen and oxygen atoms in total. The molecule has 252 valence electrons. The molecule has 2 aliphatic rings. The minimum Gasteiger partial charge on any atom is -0.484 e. The van der Waals surface area contributed by atoms with Crippen molar-refractivity contribution in [1.29, 1.82) is 0 Å². The fraction of sp³-hybridized carbons (Fsp3) is 0.455. The van der Waals surface area contributed by atoms with Gasteiger partial charge in [0.15, 0.2) is 12.2 Å². The van der Waals surface area contributed by atoms with Crippen LogP contribution in [0.5, 0.6) is 5.75 Å². The maximum atomic E-state index is 13.3. The summed E-state index contributed by atoms with van der Waals surface area (Å²) >= 11 is 0. The highest BCUT2D eigenvalue weighted by Gasteiger charge is 2.26. The van der Waals surface area contributed by atoms with Crippen LogP contribution >= 0.6 is 0 Å². The molecule has 14 heteroatoms. The molecule has 2 aromatic carbocycles. The molecule has 0 unspecified atom stereocenters. The number of hydrogen-bond donors (Lipinski definition) is 4. The highest BCUT2D eigenvalue weighted by atomic mass is 16.5. The Balaban J connectivity index is 1.48. The van der Waals surface area contributed by atoms with Crippen LogP contribution in [0.4, 0.5) is 0 Å². The zero-order valence-corrected chi connectivity index (χ0v) is 26.9. The Morgan fingerprint density at radius 1 is 0.979 bits per heavy atom. The number of amides is 5. The number of benzene rings is 2. The molecule has 0 radical (unpaired) electrons. The second kappa shape index (κ2) is 16.4. The normalized spacial score (nSPS) is 19.3. The SMILES string of the molecule is CC(C)C[C@@H]1NC(=O)CCCNC(=O)[C@@H](NC(=O)Cn2c(=O)oc3ccccc32)Cc2ccc(cc2)OCC(=O)NCCN(C)C1=O. The summed E-state index contributed by atoms with van der Waals surface area (Å²) in [6.07, 6.45) is 0.918. The lowest BCUT2D eigenvalue weighted by Crippen LogP contribution is -2.50. The molecule has 47 heavy (non-hydrogen) atoms. The Labute approximate surface area is 272 Å². The zero-order chi connectivity index (χ0) is 33.9. The van der Waals surface area contributed by atoms with E-state index < -0.39 is 29.7 Å². The Morgan fingerprint density at radius 2 is 1.72 bits per heavy atom. The highest BCUT2D eigenvalue weighted by Crippen LogP contribution is 2.15. The number of likely N-dealkylation sites (N-methyl/N-ethyl adjacent to an activating group) is 1.